The van der Waals surface area contributed by atoms with Crippen molar-refractivity contribution >= 4 is 17.1 Å². The molecule has 1 aromatic heterocycles. The summed E-state index contributed by atoms with van der Waals surface area (Å²) < 4.78 is 2.07. The highest BCUT2D eigenvalue weighted by Crippen LogP contribution is 2.27. The number of carbonyl (C=O) groups is 1. The van der Waals surface area contributed by atoms with Crippen molar-refractivity contribution in [2.75, 3.05) is 7.05 Å². The second kappa shape index (κ2) is 6.83. The molecule has 26 heavy (non-hydrogen) atoms. The number of hydrogen-bond acceptors (Lipinski definition) is 2. The number of aryl methyl sites for hydroxylation is 1. The molecule has 4 rings (SSSR count). The zero-order chi connectivity index (χ0) is 18.1. The van der Waals surface area contributed by atoms with E-state index in [1.807, 2.05) is 67.5 Å². The van der Waals surface area contributed by atoms with Crippen LogP contribution in [0.3, 0.4) is 0 Å². The first-order chi connectivity index (χ1) is 12.6. The number of hydrogen-bond donors (Lipinski definition) is 1. The summed E-state index contributed by atoms with van der Waals surface area (Å²) >= 11 is 0. The first-order valence-corrected chi connectivity index (χ1v) is 9.15. The van der Waals surface area contributed by atoms with Crippen LogP contribution in [0.15, 0.2) is 54.6 Å². The minimum atomic E-state index is -0.288. The molecular weight excluding hydrogens is 324 g/mol. The second-order valence-electron chi connectivity index (χ2n) is 7.01. The van der Waals surface area contributed by atoms with E-state index >= 15 is 0 Å². The van der Waals surface area contributed by atoms with Crippen molar-refractivity contribution in [2.24, 2.45) is 7.05 Å². The van der Waals surface area contributed by atoms with Gasteiger partial charge in [0.05, 0.1) is 11.0 Å². The summed E-state index contributed by atoms with van der Waals surface area (Å²) in [6.45, 7) is 0. The van der Waals surface area contributed by atoms with Crippen molar-refractivity contribution in [1.29, 1.82) is 0 Å². The number of carbonyl (C=O) groups excluding carboxylic acids is 1. The smallest absolute Gasteiger partial charge is 0.318 e. The molecule has 1 heterocycles. The Kier molecular flexibility index (Phi) is 4.37. The topological polar surface area (TPSA) is 50.2 Å². The lowest BCUT2D eigenvalue weighted by molar-refractivity contribution is 0.155. The minimum Gasteiger partial charge on any atom is -0.329 e. The van der Waals surface area contributed by atoms with E-state index < -0.39 is 0 Å². The standard InChI is InChI=1S/C21H24N4O/c1-24(16-11-8-12-16)21(26)23-19(15-9-4-3-5-10-15)20-22-17-13-6-7-14-18(17)25(20)2/h3-7,9-10,13-14,16,19H,8,11-12H2,1-2H3,(H,23,26). The fourth-order valence-corrected chi connectivity index (χ4v) is 3.53. The van der Waals surface area contributed by atoms with Crippen molar-refractivity contribution in [1.82, 2.24) is 19.8 Å². The van der Waals surface area contributed by atoms with Crippen LogP contribution < -0.4 is 5.32 Å². The Hall–Kier alpha value is -2.82. The third kappa shape index (κ3) is 2.94. The average molecular weight is 348 g/mol. The number of amides is 2. The van der Waals surface area contributed by atoms with E-state index in [2.05, 4.69) is 16.0 Å². The molecule has 3 aromatic rings. The molecule has 1 unspecified atom stereocenters. The molecule has 2 amide bonds. The van der Waals surface area contributed by atoms with Crippen LogP contribution in [0.5, 0.6) is 0 Å². The average Bonchev–Trinajstić information content (AvgIpc) is 2.95. The second-order valence-corrected chi connectivity index (χ2v) is 7.01. The Morgan fingerprint density at radius 1 is 1.15 bits per heavy atom. The predicted octanol–water partition coefficient (Wildman–Crippen LogP) is 3.86. The SMILES string of the molecule is CN(C(=O)NC(c1ccccc1)c1nc2ccccc2n1C)C1CCC1. The van der Waals surface area contributed by atoms with Crippen LogP contribution >= 0.6 is 0 Å². The Morgan fingerprint density at radius 3 is 2.50 bits per heavy atom. The summed E-state index contributed by atoms with van der Waals surface area (Å²) in [6.07, 6.45) is 3.38. The highest BCUT2D eigenvalue weighted by molar-refractivity contribution is 5.78. The zero-order valence-electron chi connectivity index (χ0n) is 15.2. The van der Waals surface area contributed by atoms with Gasteiger partial charge in [-0.2, -0.15) is 0 Å². The van der Waals surface area contributed by atoms with E-state index in [1.54, 1.807) is 0 Å². The largest absolute Gasteiger partial charge is 0.329 e. The van der Waals surface area contributed by atoms with Crippen molar-refractivity contribution in [3.05, 3.63) is 66.0 Å². The molecule has 1 fully saturated rings. The van der Waals surface area contributed by atoms with Gasteiger partial charge in [-0.1, -0.05) is 42.5 Å². The number of para-hydroxylation sites is 2. The number of aromatic nitrogens is 2. The van der Waals surface area contributed by atoms with Gasteiger partial charge in [-0.15, -0.1) is 0 Å². The molecule has 0 saturated heterocycles. The fraction of sp³-hybridized carbons (Fsp3) is 0.333. The number of rotatable bonds is 4. The molecule has 0 aliphatic heterocycles. The Labute approximate surface area is 153 Å². The molecule has 134 valence electrons. The molecule has 5 nitrogen and oxygen atoms in total. The lowest BCUT2D eigenvalue weighted by Gasteiger charge is -2.35. The van der Waals surface area contributed by atoms with Crippen molar-refractivity contribution in [3.63, 3.8) is 0 Å². The van der Waals surface area contributed by atoms with Crippen LogP contribution in [-0.2, 0) is 7.05 Å². The highest BCUT2D eigenvalue weighted by Gasteiger charge is 2.29. The number of benzene rings is 2. The first kappa shape index (κ1) is 16.6. The Morgan fingerprint density at radius 2 is 1.85 bits per heavy atom. The summed E-state index contributed by atoms with van der Waals surface area (Å²) in [5.74, 6) is 0.841. The van der Waals surface area contributed by atoms with Gasteiger partial charge in [0.2, 0.25) is 0 Å². The molecule has 1 atom stereocenters. The first-order valence-electron chi connectivity index (χ1n) is 9.15. The van der Waals surface area contributed by atoms with Gasteiger partial charge in [-0.05, 0) is 37.0 Å². The van der Waals surface area contributed by atoms with Gasteiger partial charge in [-0.25, -0.2) is 9.78 Å². The summed E-state index contributed by atoms with van der Waals surface area (Å²) in [5, 5.41) is 3.20. The molecular formula is C21H24N4O. The van der Waals surface area contributed by atoms with Crippen LogP contribution in [0.2, 0.25) is 0 Å². The summed E-state index contributed by atoms with van der Waals surface area (Å²) in [6, 6.07) is 18.1. The molecule has 1 N–H and O–H groups in total. The zero-order valence-corrected chi connectivity index (χ0v) is 15.2. The van der Waals surface area contributed by atoms with Gasteiger partial charge < -0.3 is 14.8 Å². The fourth-order valence-electron chi connectivity index (χ4n) is 3.53. The maximum Gasteiger partial charge on any atom is 0.318 e. The molecule has 1 aliphatic rings. The third-order valence-electron chi connectivity index (χ3n) is 5.42. The Bertz CT molecular complexity index is 914. The molecule has 0 bridgehead atoms. The molecule has 1 aliphatic carbocycles. The van der Waals surface area contributed by atoms with E-state index in [1.165, 1.54) is 6.42 Å². The molecule has 5 heteroatoms. The highest BCUT2D eigenvalue weighted by atomic mass is 16.2. The summed E-state index contributed by atoms with van der Waals surface area (Å²) in [7, 11) is 3.89. The minimum absolute atomic E-state index is 0.0457. The van der Waals surface area contributed by atoms with E-state index in [0.717, 1.165) is 35.3 Å². The number of nitrogens with zero attached hydrogens (tertiary/aromatic N) is 3. The van der Waals surface area contributed by atoms with Crippen LogP contribution in [0, 0.1) is 0 Å². The maximum absolute atomic E-state index is 12.8. The Balaban J connectivity index is 1.71. The van der Waals surface area contributed by atoms with E-state index in [-0.39, 0.29) is 12.1 Å². The monoisotopic (exact) mass is 348 g/mol. The summed E-state index contributed by atoms with van der Waals surface area (Å²) in [4.78, 5) is 19.5. The predicted molar refractivity (Wildman–Crippen MR) is 103 cm³/mol. The van der Waals surface area contributed by atoms with Crippen LogP contribution in [0.4, 0.5) is 4.79 Å². The van der Waals surface area contributed by atoms with Gasteiger partial charge in [0, 0.05) is 20.1 Å². The maximum atomic E-state index is 12.8. The van der Waals surface area contributed by atoms with Gasteiger partial charge in [0.25, 0.3) is 0 Å². The van der Waals surface area contributed by atoms with Gasteiger partial charge >= 0.3 is 6.03 Å². The molecule has 1 saturated carbocycles. The van der Waals surface area contributed by atoms with E-state index in [4.69, 9.17) is 4.98 Å². The quantitative estimate of drug-likeness (QED) is 0.778. The van der Waals surface area contributed by atoms with Gasteiger partial charge in [0.15, 0.2) is 0 Å². The van der Waals surface area contributed by atoms with Crippen molar-refractivity contribution < 1.29 is 4.79 Å². The molecule has 0 radical (unpaired) electrons. The number of nitrogens with one attached hydrogen (secondary N) is 1. The number of fused-ring (bicyclic) bond motifs is 1. The van der Waals surface area contributed by atoms with Crippen molar-refractivity contribution in [3.8, 4) is 0 Å². The molecule has 0 spiro atoms. The molecule has 2 aromatic carbocycles. The number of urea groups is 1. The lowest BCUT2D eigenvalue weighted by atomic mass is 9.92. The van der Waals surface area contributed by atoms with E-state index in [0.29, 0.717) is 6.04 Å². The normalized spacial score (nSPS) is 15.5. The van der Waals surface area contributed by atoms with Crippen molar-refractivity contribution in [2.45, 2.75) is 31.3 Å². The number of imidazole rings is 1. The lowest BCUT2D eigenvalue weighted by Crippen LogP contribution is -2.47. The summed E-state index contributed by atoms with van der Waals surface area (Å²) in [5.41, 5.74) is 3.03. The van der Waals surface area contributed by atoms with Crippen LogP contribution in [-0.4, -0.2) is 33.6 Å². The van der Waals surface area contributed by atoms with Crippen LogP contribution in [0.25, 0.3) is 11.0 Å². The third-order valence-corrected chi connectivity index (χ3v) is 5.42. The van der Waals surface area contributed by atoms with Gasteiger partial charge in [-0.3, -0.25) is 0 Å². The van der Waals surface area contributed by atoms with Gasteiger partial charge in [0.1, 0.15) is 11.9 Å². The van der Waals surface area contributed by atoms with Crippen LogP contribution in [0.1, 0.15) is 36.7 Å². The van der Waals surface area contributed by atoms with E-state index in [9.17, 15) is 4.79 Å².